The zero-order valence-electron chi connectivity index (χ0n) is 15.2. The summed E-state index contributed by atoms with van der Waals surface area (Å²) in [5, 5.41) is 7.48. The molecule has 0 radical (unpaired) electrons. The molecule has 0 spiro atoms. The lowest BCUT2D eigenvalue weighted by Gasteiger charge is -2.16. The van der Waals surface area contributed by atoms with Crippen LogP contribution in [0, 0.1) is 12.8 Å². The monoisotopic (exact) mass is 382 g/mol. The number of aromatic nitrogens is 3. The normalized spacial score (nSPS) is 19.3. The summed E-state index contributed by atoms with van der Waals surface area (Å²) in [6.45, 7) is 3.77. The van der Waals surface area contributed by atoms with E-state index in [1.54, 1.807) is 16.8 Å². The van der Waals surface area contributed by atoms with Crippen LogP contribution in [0.4, 0.5) is 0 Å². The Labute approximate surface area is 162 Å². The van der Waals surface area contributed by atoms with Gasteiger partial charge in [0, 0.05) is 23.2 Å². The average molecular weight is 382 g/mol. The van der Waals surface area contributed by atoms with Crippen molar-refractivity contribution in [1.29, 1.82) is 0 Å². The molecule has 0 unspecified atom stereocenters. The molecule has 3 aromatic rings. The van der Waals surface area contributed by atoms with Crippen LogP contribution in [0.5, 0.6) is 0 Å². The van der Waals surface area contributed by atoms with Crippen molar-refractivity contribution in [2.45, 2.75) is 32.5 Å². The van der Waals surface area contributed by atoms with Crippen LogP contribution in [0.15, 0.2) is 48.2 Å². The molecule has 0 aliphatic carbocycles. The zero-order chi connectivity index (χ0) is 18.6. The van der Waals surface area contributed by atoms with Gasteiger partial charge in [0.25, 0.3) is 0 Å². The Hall–Kier alpha value is -2.51. The van der Waals surface area contributed by atoms with Gasteiger partial charge in [-0.1, -0.05) is 30.3 Å². The van der Waals surface area contributed by atoms with Gasteiger partial charge in [0.05, 0.1) is 42.5 Å². The van der Waals surface area contributed by atoms with Gasteiger partial charge >= 0.3 is 0 Å². The molecule has 1 aliphatic rings. The van der Waals surface area contributed by atoms with Gasteiger partial charge in [-0.05, 0) is 18.9 Å². The van der Waals surface area contributed by atoms with Crippen molar-refractivity contribution in [2.75, 3.05) is 6.61 Å². The SMILES string of the molecule is Cc1ncsc1CNC(=O)[C@H]1CCO[C@@H]1c1cnn(Cc2ccccc2)c1. The highest BCUT2D eigenvalue weighted by Gasteiger charge is 2.36. The molecule has 3 heterocycles. The van der Waals surface area contributed by atoms with Crippen LogP contribution < -0.4 is 5.32 Å². The summed E-state index contributed by atoms with van der Waals surface area (Å²) in [5.74, 6) is -0.159. The van der Waals surface area contributed by atoms with E-state index in [1.165, 1.54) is 5.56 Å². The number of carbonyl (C=O) groups excluding carboxylic acids is 1. The first-order valence-electron chi connectivity index (χ1n) is 9.05. The third-order valence-corrected chi connectivity index (χ3v) is 5.80. The summed E-state index contributed by atoms with van der Waals surface area (Å²) in [5.41, 5.74) is 4.92. The molecule has 1 amide bonds. The van der Waals surface area contributed by atoms with Crippen molar-refractivity contribution in [1.82, 2.24) is 20.1 Å². The number of nitrogens with zero attached hydrogens (tertiary/aromatic N) is 3. The molecule has 0 saturated carbocycles. The van der Waals surface area contributed by atoms with Crippen molar-refractivity contribution < 1.29 is 9.53 Å². The predicted molar refractivity (Wildman–Crippen MR) is 103 cm³/mol. The number of ether oxygens (including phenoxy) is 1. The first kappa shape index (κ1) is 17.9. The van der Waals surface area contributed by atoms with Crippen LogP contribution in [0.3, 0.4) is 0 Å². The Bertz CT molecular complexity index is 906. The molecule has 1 fully saturated rings. The summed E-state index contributed by atoms with van der Waals surface area (Å²) in [7, 11) is 0. The molecule has 27 heavy (non-hydrogen) atoms. The quantitative estimate of drug-likeness (QED) is 0.711. The van der Waals surface area contributed by atoms with E-state index in [2.05, 4.69) is 27.5 Å². The van der Waals surface area contributed by atoms with Gasteiger partial charge in [-0.15, -0.1) is 11.3 Å². The third kappa shape index (κ3) is 4.09. The Morgan fingerprint density at radius 3 is 3.00 bits per heavy atom. The number of rotatable bonds is 6. The van der Waals surface area contributed by atoms with Crippen LogP contribution in [0.2, 0.25) is 0 Å². The van der Waals surface area contributed by atoms with Crippen molar-refractivity contribution in [2.24, 2.45) is 5.92 Å². The fraction of sp³-hybridized carbons (Fsp3) is 0.350. The van der Waals surface area contributed by atoms with Gasteiger partial charge in [0.15, 0.2) is 0 Å². The van der Waals surface area contributed by atoms with Gasteiger partial charge in [-0.2, -0.15) is 5.10 Å². The van der Waals surface area contributed by atoms with Crippen molar-refractivity contribution >= 4 is 17.2 Å². The summed E-state index contributed by atoms with van der Waals surface area (Å²) >= 11 is 1.57. The molecule has 1 saturated heterocycles. The second-order valence-corrected chi connectivity index (χ2v) is 7.66. The van der Waals surface area contributed by atoms with Crippen LogP contribution in [-0.4, -0.2) is 27.3 Å². The molecule has 0 bridgehead atoms. The number of thiazole rings is 1. The van der Waals surface area contributed by atoms with Crippen LogP contribution >= 0.6 is 11.3 Å². The highest BCUT2D eigenvalue weighted by molar-refractivity contribution is 7.09. The molecule has 7 heteroatoms. The maximum absolute atomic E-state index is 12.7. The van der Waals surface area contributed by atoms with E-state index in [0.717, 1.165) is 22.6 Å². The zero-order valence-corrected chi connectivity index (χ0v) is 16.0. The minimum atomic E-state index is -0.239. The van der Waals surface area contributed by atoms with E-state index >= 15 is 0 Å². The number of aryl methyl sites for hydroxylation is 1. The number of carbonyl (C=O) groups is 1. The fourth-order valence-corrected chi connectivity index (χ4v) is 4.08. The van der Waals surface area contributed by atoms with Crippen molar-refractivity contribution in [3.63, 3.8) is 0 Å². The third-order valence-electron chi connectivity index (χ3n) is 4.87. The predicted octanol–water partition coefficient (Wildman–Crippen LogP) is 3.09. The number of nitrogens with one attached hydrogen (secondary N) is 1. The Morgan fingerprint density at radius 1 is 1.37 bits per heavy atom. The van der Waals surface area contributed by atoms with E-state index in [0.29, 0.717) is 19.7 Å². The second-order valence-electron chi connectivity index (χ2n) is 6.72. The molecule has 2 aromatic heterocycles. The number of benzene rings is 1. The molecule has 1 N–H and O–H groups in total. The van der Waals surface area contributed by atoms with Crippen LogP contribution in [0.1, 0.15) is 34.2 Å². The molecule has 2 atom stereocenters. The van der Waals surface area contributed by atoms with E-state index in [1.807, 2.05) is 42.2 Å². The molecule has 6 nitrogen and oxygen atoms in total. The van der Waals surface area contributed by atoms with Gasteiger partial charge in [0.1, 0.15) is 0 Å². The van der Waals surface area contributed by atoms with E-state index in [4.69, 9.17) is 4.74 Å². The topological polar surface area (TPSA) is 69.0 Å². The van der Waals surface area contributed by atoms with Crippen LogP contribution in [0.25, 0.3) is 0 Å². The molecular weight excluding hydrogens is 360 g/mol. The highest BCUT2D eigenvalue weighted by atomic mass is 32.1. The lowest BCUT2D eigenvalue weighted by Crippen LogP contribution is -2.31. The smallest absolute Gasteiger partial charge is 0.226 e. The molecule has 4 rings (SSSR count). The highest BCUT2D eigenvalue weighted by Crippen LogP contribution is 2.34. The maximum atomic E-state index is 12.7. The maximum Gasteiger partial charge on any atom is 0.226 e. The average Bonchev–Trinajstić information content (AvgIpc) is 3.41. The minimum Gasteiger partial charge on any atom is -0.373 e. The van der Waals surface area contributed by atoms with Gasteiger partial charge in [0.2, 0.25) is 5.91 Å². The molecular formula is C20H22N4O2S. The van der Waals surface area contributed by atoms with Crippen molar-refractivity contribution in [3.8, 4) is 0 Å². The Kier molecular flexibility index (Phi) is 5.31. The number of amides is 1. The number of hydrogen-bond donors (Lipinski definition) is 1. The summed E-state index contributed by atoms with van der Waals surface area (Å²) in [6, 6.07) is 10.2. The van der Waals surface area contributed by atoms with E-state index < -0.39 is 0 Å². The van der Waals surface area contributed by atoms with E-state index in [9.17, 15) is 4.79 Å². The fourth-order valence-electron chi connectivity index (χ4n) is 3.36. The molecule has 140 valence electrons. The van der Waals surface area contributed by atoms with Crippen molar-refractivity contribution in [3.05, 3.63) is 69.9 Å². The van der Waals surface area contributed by atoms with E-state index in [-0.39, 0.29) is 17.9 Å². The summed E-state index contributed by atoms with van der Waals surface area (Å²) < 4.78 is 7.76. The second kappa shape index (κ2) is 8.02. The van der Waals surface area contributed by atoms with Crippen LogP contribution in [-0.2, 0) is 22.6 Å². The Morgan fingerprint density at radius 2 is 2.22 bits per heavy atom. The lowest BCUT2D eigenvalue weighted by atomic mass is 9.96. The van der Waals surface area contributed by atoms with Gasteiger partial charge < -0.3 is 10.1 Å². The Balaban J connectivity index is 1.40. The first-order valence-corrected chi connectivity index (χ1v) is 9.93. The van der Waals surface area contributed by atoms with Gasteiger partial charge in [-0.25, -0.2) is 4.98 Å². The minimum absolute atomic E-state index is 0.0288. The van der Waals surface area contributed by atoms with Gasteiger partial charge in [-0.3, -0.25) is 9.48 Å². The summed E-state index contributed by atoms with van der Waals surface area (Å²) in [6.07, 6.45) is 4.28. The lowest BCUT2D eigenvalue weighted by molar-refractivity contribution is -0.126. The molecule has 1 aromatic carbocycles. The first-order chi connectivity index (χ1) is 13.2. The molecule has 1 aliphatic heterocycles. The standard InChI is InChI=1S/C20H22N4O2S/c1-14-18(27-13-22-14)10-21-20(25)17-7-8-26-19(17)16-9-23-24(12-16)11-15-5-3-2-4-6-15/h2-6,9,12-13,17,19H,7-8,10-11H2,1H3,(H,21,25)/t17-,19+/m0/s1. The summed E-state index contributed by atoms with van der Waals surface area (Å²) in [4.78, 5) is 18.0. The number of hydrogen-bond acceptors (Lipinski definition) is 5. The largest absolute Gasteiger partial charge is 0.373 e.